The fraction of sp³-hybridized carbons (Fsp3) is 0.600. The molecule has 5 nitrogen and oxygen atoms in total. The number of hydrogen-bond acceptors (Lipinski definition) is 5. The van der Waals surface area contributed by atoms with Gasteiger partial charge in [0.2, 0.25) is 0 Å². The molecule has 0 radical (unpaired) electrons. The first-order chi connectivity index (χ1) is 9.74. The van der Waals surface area contributed by atoms with E-state index in [0.29, 0.717) is 19.1 Å². The minimum Gasteiger partial charge on any atom is -0.497 e. The van der Waals surface area contributed by atoms with E-state index in [1.807, 2.05) is 18.2 Å². The van der Waals surface area contributed by atoms with Gasteiger partial charge < -0.3 is 24.7 Å². The number of nitrogens with two attached hydrogens (primary N) is 1. The molecule has 1 aliphatic rings. The molecule has 0 aliphatic carbocycles. The van der Waals surface area contributed by atoms with E-state index in [1.54, 1.807) is 14.2 Å². The summed E-state index contributed by atoms with van der Waals surface area (Å²) in [7, 11) is 3.27. The van der Waals surface area contributed by atoms with Gasteiger partial charge in [0.25, 0.3) is 0 Å². The Balaban J connectivity index is 1.91. The topological polar surface area (TPSA) is 62.9 Å². The molecule has 0 amide bonds. The highest BCUT2D eigenvalue weighted by Gasteiger charge is 2.18. The second kappa shape index (κ2) is 7.47. The zero-order valence-corrected chi connectivity index (χ0v) is 12.1. The molecule has 2 N–H and O–H groups in total. The van der Waals surface area contributed by atoms with Crippen molar-refractivity contribution in [1.29, 1.82) is 0 Å². The molecule has 2 unspecified atom stereocenters. The summed E-state index contributed by atoms with van der Waals surface area (Å²) >= 11 is 0. The second-order valence-electron chi connectivity index (χ2n) is 4.98. The first kappa shape index (κ1) is 15.1. The van der Waals surface area contributed by atoms with E-state index in [0.717, 1.165) is 36.7 Å². The minimum absolute atomic E-state index is 0.234. The third kappa shape index (κ3) is 3.85. The summed E-state index contributed by atoms with van der Waals surface area (Å²) in [5.74, 6) is 2.01. The van der Waals surface area contributed by atoms with Gasteiger partial charge >= 0.3 is 0 Å². The van der Waals surface area contributed by atoms with Crippen molar-refractivity contribution in [2.75, 3.05) is 40.6 Å². The van der Waals surface area contributed by atoms with Crippen molar-refractivity contribution in [1.82, 2.24) is 0 Å². The zero-order chi connectivity index (χ0) is 14.4. The maximum absolute atomic E-state index is 6.19. The summed E-state index contributed by atoms with van der Waals surface area (Å²) in [5, 5.41) is 0. The highest BCUT2D eigenvalue weighted by molar-refractivity contribution is 5.42. The van der Waals surface area contributed by atoms with Crippen LogP contribution in [0.1, 0.15) is 18.0 Å². The Kier molecular flexibility index (Phi) is 5.64. The molecule has 112 valence electrons. The molecule has 20 heavy (non-hydrogen) atoms. The summed E-state index contributed by atoms with van der Waals surface area (Å²) in [6, 6.07) is 5.37. The normalized spacial score (nSPS) is 19.9. The summed E-state index contributed by atoms with van der Waals surface area (Å²) in [6.45, 7) is 2.78. The molecule has 1 aromatic carbocycles. The number of methoxy groups -OCH3 is 2. The van der Waals surface area contributed by atoms with E-state index in [9.17, 15) is 0 Å². The van der Waals surface area contributed by atoms with Crippen LogP contribution < -0.4 is 15.2 Å². The Morgan fingerprint density at radius 1 is 1.35 bits per heavy atom. The van der Waals surface area contributed by atoms with Crippen LogP contribution in [0.3, 0.4) is 0 Å². The average Bonchev–Trinajstić information content (AvgIpc) is 2.99. The largest absolute Gasteiger partial charge is 0.497 e. The Bertz CT molecular complexity index is 418. The molecule has 1 heterocycles. The van der Waals surface area contributed by atoms with Crippen molar-refractivity contribution >= 4 is 0 Å². The molecular formula is C15H23NO4. The summed E-state index contributed by atoms with van der Waals surface area (Å²) in [5.41, 5.74) is 7.09. The Hall–Kier alpha value is -1.30. The van der Waals surface area contributed by atoms with Crippen LogP contribution in [-0.2, 0) is 9.47 Å². The zero-order valence-electron chi connectivity index (χ0n) is 12.1. The number of benzene rings is 1. The predicted octanol–water partition coefficient (Wildman–Crippen LogP) is 1.76. The van der Waals surface area contributed by atoms with Crippen molar-refractivity contribution in [2.45, 2.75) is 12.5 Å². The lowest BCUT2D eigenvalue weighted by Gasteiger charge is -2.18. The Labute approximate surface area is 120 Å². The van der Waals surface area contributed by atoms with Gasteiger partial charge in [0.1, 0.15) is 11.5 Å². The van der Waals surface area contributed by atoms with Crippen LogP contribution in [0.15, 0.2) is 18.2 Å². The SMILES string of the molecule is COc1ccc(OC)c(C(N)COCC2CCOC2)c1. The van der Waals surface area contributed by atoms with Crippen molar-refractivity contribution in [3.8, 4) is 11.5 Å². The fourth-order valence-electron chi connectivity index (χ4n) is 2.30. The molecule has 0 bridgehead atoms. The molecule has 2 atom stereocenters. The lowest BCUT2D eigenvalue weighted by atomic mass is 10.1. The second-order valence-corrected chi connectivity index (χ2v) is 4.98. The van der Waals surface area contributed by atoms with E-state index < -0.39 is 0 Å². The molecule has 1 aromatic rings. The summed E-state index contributed by atoms with van der Waals surface area (Å²) in [4.78, 5) is 0. The van der Waals surface area contributed by atoms with Crippen molar-refractivity contribution in [3.63, 3.8) is 0 Å². The van der Waals surface area contributed by atoms with Gasteiger partial charge in [-0.1, -0.05) is 0 Å². The monoisotopic (exact) mass is 281 g/mol. The summed E-state index contributed by atoms with van der Waals surface area (Å²) in [6.07, 6.45) is 1.07. The smallest absolute Gasteiger partial charge is 0.123 e. The van der Waals surface area contributed by atoms with Crippen molar-refractivity contribution < 1.29 is 18.9 Å². The lowest BCUT2D eigenvalue weighted by molar-refractivity contribution is 0.0804. The molecule has 2 rings (SSSR count). The van der Waals surface area contributed by atoms with Crippen molar-refractivity contribution in [3.05, 3.63) is 23.8 Å². The molecule has 0 aromatic heterocycles. The number of hydrogen-bond donors (Lipinski definition) is 1. The van der Waals surface area contributed by atoms with Gasteiger partial charge in [-0.2, -0.15) is 0 Å². The van der Waals surface area contributed by atoms with Gasteiger partial charge in [0, 0.05) is 18.1 Å². The standard InChI is InChI=1S/C15H23NO4/c1-17-12-3-4-15(18-2)13(7-12)14(16)10-20-9-11-5-6-19-8-11/h3-4,7,11,14H,5-6,8-10,16H2,1-2H3. The Morgan fingerprint density at radius 3 is 2.85 bits per heavy atom. The molecule has 0 saturated carbocycles. The minimum atomic E-state index is -0.234. The predicted molar refractivity (Wildman–Crippen MR) is 76.2 cm³/mol. The van der Waals surface area contributed by atoms with Gasteiger partial charge in [0.15, 0.2) is 0 Å². The maximum atomic E-state index is 6.19. The highest BCUT2D eigenvalue weighted by atomic mass is 16.5. The van der Waals surface area contributed by atoms with Crippen LogP contribution in [0, 0.1) is 5.92 Å². The van der Waals surface area contributed by atoms with Gasteiger partial charge in [-0.25, -0.2) is 0 Å². The highest BCUT2D eigenvalue weighted by Crippen LogP contribution is 2.28. The van der Waals surface area contributed by atoms with Gasteiger partial charge in [-0.3, -0.25) is 0 Å². The van der Waals surface area contributed by atoms with E-state index in [-0.39, 0.29) is 6.04 Å². The average molecular weight is 281 g/mol. The van der Waals surface area contributed by atoms with E-state index in [4.69, 9.17) is 24.7 Å². The number of rotatable bonds is 7. The van der Waals surface area contributed by atoms with E-state index in [2.05, 4.69) is 0 Å². The molecule has 1 saturated heterocycles. The molecule has 1 fully saturated rings. The van der Waals surface area contributed by atoms with Gasteiger partial charge in [-0.15, -0.1) is 0 Å². The third-order valence-corrected chi connectivity index (χ3v) is 3.51. The fourth-order valence-corrected chi connectivity index (χ4v) is 2.30. The van der Waals surface area contributed by atoms with Crippen LogP contribution in [0.25, 0.3) is 0 Å². The van der Waals surface area contributed by atoms with Crippen molar-refractivity contribution in [2.24, 2.45) is 11.7 Å². The third-order valence-electron chi connectivity index (χ3n) is 3.51. The summed E-state index contributed by atoms with van der Waals surface area (Å²) < 4.78 is 21.6. The van der Waals surface area contributed by atoms with E-state index >= 15 is 0 Å². The quantitative estimate of drug-likeness (QED) is 0.825. The van der Waals surface area contributed by atoms with Crippen LogP contribution in [0.2, 0.25) is 0 Å². The van der Waals surface area contributed by atoms with Crippen LogP contribution in [-0.4, -0.2) is 40.6 Å². The van der Waals surface area contributed by atoms with Gasteiger partial charge in [-0.05, 0) is 24.6 Å². The lowest BCUT2D eigenvalue weighted by Crippen LogP contribution is -2.20. The first-order valence-corrected chi connectivity index (χ1v) is 6.87. The number of ether oxygens (including phenoxy) is 4. The van der Waals surface area contributed by atoms with Gasteiger partial charge in [0.05, 0.1) is 40.1 Å². The first-order valence-electron chi connectivity index (χ1n) is 6.87. The maximum Gasteiger partial charge on any atom is 0.123 e. The molecular weight excluding hydrogens is 258 g/mol. The molecule has 0 spiro atoms. The molecule has 5 heteroatoms. The molecule has 1 aliphatic heterocycles. The van der Waals surface area contributed by atoms with E-state index in [1.165, 1.54) is 0 Å². The van der Waals surface area contributed by atoms with Crippen LogP contribution >= 0.6 is 0 Å². The van der Waals surface area contributed by atoms with Crippen LogP contribution in [0.5, 0.6) is 11.5 Å². The van der Waals surface area contributed by atoms with Crippen LogP contribution in [0.4, 0.5) is 0 Å². The Morgan fingerprint density at radius 2 is 2.20 bits per heavy atom.